The molecule has 0 aromatic carbocycles. The molecule has 9 nitrogen and oxygen atoms in total. The van der Waals surface area contributed by atoms with Gasteiger partial charge in [-0.2, -0.15) is 0 Å². The van der Waals surface area contributed by atoms with E-state index in [1.807, 2.05) is 34.6 Å². The fourth-order valence-corrected chi connectivity index (χ4v) is 7.01. The van der Waals surface area contributed by atoms with Crippen molar-refractivity contribution in [2.24, 2.45) is 28.6 Å². The molecule has 1 saturated heterocycles. The average molecular weight is 521 g/mol. The molecule has 1 aliphatic carbocycles. The highest BCUT2D eigenvalue weighted by Gasteiger charge is 2.69. The fraction of sp³-hybridized carbons (Fsp3) is 0.692. The van der Waals surface area contributed by atoms with E-state index in [9.17, 15) is 22.8 Å². The molecule has 1 aromatic heterocycles. The standard InChI is InChI=1S/C26H40N4O5S/c1-15(2)18(14-36(34,35)19-11-9-10-12-27-19)28-24(33)29-22(25(4,5)6)23(32)30-13-17-20(26(17,7)8)21(30)16(3)31/h9-12,15,17-18,20-22H,13-14H2,1-8H3,(H2,28,29,33)/t17-,18+,20-,21+,22+/m0/s1. The van der Waals surface area contributed by atoms with Crippen molar-refractivity contribution >= 4 is 27.6 Å². The molecule has 0 spiro atoms. The summed E-state index contributed by atoms with van der Waals surface area (Å²) < 4.78 is 25.7. The maximum Gasteiger partial charge on any atom is 0.315 e. The third-order valence-corrected chi connectivity index (χ3v) is 9.45. The Morgan fingerprint density at radius 1 is 1.17 bits per heavy atom. The monoisotopic (exact) mass is 520 g/mol. The van der Waals surface area contributed by atoms with Gasteiger partial charge in [-0.05, 0) is 47.6 Å². The van der Waals surface area contributed by atoms with Crippen LogP contribution in [0.3, 0.4) is 0 Å². The number of aromatic nitrogens is 1. The first kappa shape index (κ1) is 28.1. The van der Waals surface area contributed by atoms with Crippen molar-refractivity contribution in [1.29, 1.82) is 0 Å². The molecule has 10 heteroatoms. The molecule has 200 valence electrons. The van der Waals surface area contributed by atoms with E-state index in [0.717, 1.165) is 0 Å². The maximum atomic E-state index is 13.7. The van der Waals surface area contributed by atoms with E-state index in [2.05, 4.69) is 29.5 Å². The number of urea groups is 1. The van der Waals surface area contributed by atoms with Crippen LogP contribution in [-0.4, -0.2) is 66.4 Å². The highest BCUT2D eigenvalue weighted by atomic mass is 32.2. The van der Waals surface area contributed by atoms with Crippen molar-refractivity contribution in [3.63, 3.8) is 0 Å². The number of amides is 3. The van der Waals surface area contributed by atoms with Crippen LogP contribution in [0, 0.1) is 28.6 Å². The van der Waals surface area contributed by atoms with Gasteiger partial charge in [-0.1, -0.05) is 54.5 Å². The van der Waals surface area contributed by atoms with Gasteiger partial charge in [0.25, 0.3) is 0 Å². The third-order valence-electron chi connectivity index (χ3n) is 7.77. The number of nitrogens with one attached hydrogen (secondary N) is 2. The summed E-state index contributed by atoms with van der Waals surface area (Å²) in [6.45, 7) is 15.5. The van der Waals surface area contributed by atoms with Crippen LogP contribution in [0.15, 0.2) is 29.4 Å². The number of pyridine rings is 1. The number of nitrogens with zero attached hydrogens (tertiary/aromatic N) is 2. The van der Waals surface area contributed by atoms with Crippen LogP contribution in [0.5, 0.6) is 0 Å². The molecule has 1 aromatic rings. The summed E-state index contributed by atoms with van der Waals surface area (Å²) in [6, 6.07) is 1.96. The number of ketones is 1. The predicted molar refractivity (Wildman–Crippen MR) is 137 cm³/mol. The van der Waals surface area contributed by atoms with Crippen molar-refractivity contribution in [3.8, 4) is 0 Å². The Morgan fingerprint density at radius 3 is 2.31 bits per heavy atom. The molecule has 36 heavy (non-hydrogen) atoms. The number of carbonyl (C=O) groups is 3. The van der Waals surface area contributed by atoms with Gasteiger partial charge in [0.05, 0.1) is 11.8 Å². The Labute approximate surface area is 214 Å². The SMILES string of the molecule is CC(=O)[C@@H]1[C@@H]2[C@H](CN1C(=O)[C@@H](NC(=O)N[C@H](CS(=O)(=O)c1ccccn1)C(C)C)C(C)(C)C)C2(C)C. The summed E-state index contributed by atoms with van der Waals surface area (Å²) in [7, 11) is -3.73. The molecular weight excluding hydrogens is 480 g/mol. The minimum atomic E-state index is -3.73. The van der Waals surface area contributed by atoms with Crippen molar-refractivity contribution < 1.29 is 22.8 Å². The van der Waals surface area contributed by atoms with E-state index in [0.29, 0.717) is 6.54 Å². The first-order valence-corrected chi connectivity index (χ1v) is 14.2. The van der Waals surface area contributed by atoms with Gasteiger partial charge >= 0.3 is 6.03 Å². The number of Topliss-reactive ketones (excluding diaryl/α,β-unsaturated/α-hetero) is 1. The van der Waals surface area contributed by atoms with E-state index in [1.54, 1.807) is 17.0 Å². The van der Waals surface area contributed by atoms with E-state index < -0.39 is 39.4 Å². The Balaban J connectivity index is 1.74. The Kier molecular flexibility index (Phi) is 7.61. The van der Waals surface area contributed by atoms with E-state index in [4.69, 9.17) is 0 Å². The molecular formula is C26H40N4O5S. The quantitative estimate of drug-likeness (QED) is 0.543. The minimum Gasteiger partial charge on any atom is -0.334 e. The van der Waals surface area contributed by atoms with E-state index in [1.165, 1.54) is 19.2 Å². The molecule has 3 amide bonds. The van der Waals surface area contributed by atoms with Crippen molar-refractivity contribution in [2.75, 3.05) is 12.3 Å². The highest BCUT2D eigenvalue weighted by Crippen LogP contribution is 2.65. The van der Waals surface area contributed by atoms with Crippen molar-refractivity contribution in [1.82, 2.24) is 20.5 Å². The lowest BCUT2D eigenvalue weighted by atomic mass is 9.85. The zero-order chi connectivity index (χ0) is 27.2. The second-order valence-electron chi connectivity index (χ2n) is 12.2. The number of rotatable bonds is 8. The van der Waals surface area contributed by atoms with Gasteiger partial charge in [-0.25, -0.2) is 18.2 Å². The average Bonchev–Trinajstić information content (AvgIpc) is 3.10. The molecule has 3 rings (SSSR count). The van der Waals surface area contributed by atoms with Crippen LogP contribution in [0.25, 0.3) is 0 Å². The lowest BCUT2D eigenvalue weighted by Crippen LogP contribution is -2.60. The second-order valence-corrected chi connectivity index (χ2v) is 14.2. The number of hydrogen-bond acceptors (Lipinski definition) is 6. The summed E-state index contributed by atoms with van der Waals surface area (Å²) in [6.07, 6.45) is 1.41. The summed E-state index contributed by atoms with van der Waals surface area (Å²) >= 11 is 0. The number of carbonyl (C=O) groups excluding carboxylic acids is 3. The van der Waals surface area contributed by atoms with Crippen LogP contribution in [-0.2, 0) is 19.4 Å². The van der Waals surface area contributed by atoms with Crippen LogP contribution >= 0.6 is 0 Å². The zero-order valence-electron chi connectivity index (χ0n) is 22.5. The highest BCUT2D eigenvalue weighted by molar-refractivity contribution is 7.91. The smallest absolute Gasteiger partial charge is 0.315 e. The fourth-order valence-electron chi connectivity index (χ4n) is 5.39. The summed E-state index contributed by atoms with van der Waals surface area (Å²) in [4.78, 5) is 44.8. The summed E-state index contributed by atoms with van der Waals surface area (Å²) in [5.74, 6) is -0.433. The Hall–Kier alpha value is -2.49. The van der Waals surface area contributed by atoms with Crippen molar-refractivity contribution in [2.45, 2.75) is 78.5 Å². The zero-order valence-corrected chi connectivity index (χ0v) is 23.3. The van der Waals surface area contributed by atoms with E-state index >= 15 is 0 Å². The molecule has 0 radical (unpaired) electrons. The molecule has 2 heterocycles. The van der Waals surface area contributed by atoms with Crippen LogP contribution in [0.4, 0.5) is 4.79 Å². The first-order valence-electron chi connectivity index (χ1n) is 12.5. The second kappa shape index (κ2) is 9.76. The van der Waals surface area contributed by atoms with Gasteiger partial charge in [0, 0.05) is 18.8 Å². The number of fused-ring (bicyclic) bond motifs is 1. The Morgan fingerprint density at radius 2 is 1.81 bits per heavy atom. The molecule has 1 saturated carbocycles. The van der Waals surface area contributed by atoms with Crippen LogP contribution in [0.1, 0.15) is 55.4 Å². The van der Waals surface area contributed by atoms with Gasteiger partial charge in [0.15, 0.2) is 20.6 Å². The molecule has 2 aliphatic rings. The van der Waals surface area contributed by atoms with Gasteiger partial charge in [0.1, 0.15) is 6.04 Å². The number of likely N-dealkylation sites (tertiary alicyclic amines) is 1. The van der Waals surface area contributed by atoms with Crippen molar-refractivity contribution in [3.05, 3.63) is 24.4 Å². The topological polar surface area (TPSA) is 126 Å². The molecule has 0 bridgehead atoms. The summed E-state index contributed by atoms with van der Waals surface area (Å²) in [5.41, 5.74) is -0.607. The summed E-state index contributed by atoms with van der Waals surface area (Å²) in [5, 5.41) is 5.50. The van der Waals surface area contributed by atoms with Gasteiger partial charge in [-0.3, -0.25) is 9.59 Å². The minimum absolute atomic E-state index is 0.0265. The lowest BCUT2D eigenvalue weighted by Gasteiger charge is -2.37. The van der Waals surface area contributed by atoms with Gasteiger partial charge < -0.3 is 15.5 Å². The number of hydrogen-bond donors (Lipinski definition) is 2. The van der Waals surface area contributed by atoms with Crippen LogP contribution in [0.2, 0.25) is 0 Å². The maximum absolute atomic E-state index is 13.7. The number of sulfone groups is 1. The molecule has 2 fully saturated rings. The molecule has 5 atom stereocenters. The molecule has 2 N–H and O–H groups in total. The number of piperidine rings is 1. The third kappa shape index (κ3) is 5.58. The normalized spacial score (nSPS) is 24.6. The largest absolute Gasteiger partial charge is 0.334 e. The van der Waals surface area contributed by atoms with Gasteiger partial charge in [0.2, 0.25) is 5.91 Å². The predicted octanol–water partition coefficient (Wildman–Crippen LogP) is 2.67. The molecule has 0 unspecified atom stereocenters. The van der Waals surface area contributed by atoms with Crippen LogP contribution < -0.4 is 10.6 Å². The Bertz CT molecular complexity index is 1110. The first-order chi connectivity index (χ1) is 16.5. The lowest BCUT2D eigenvalue weighted by molar-refractivity contribution is -0.142. The van der Waals surface area contributed by atoms with Gasteiger partial charge in [-0.15, -0.1) is 0 Å². The van der Waals surface area contributed by atoms with E-state index in [-0.39, 0.29) is 45.6 Å². The molecule has 1 aliphatic heterocycles.